The SMILES string of the molecule is CC(C)(C)OC(=O)N1CCCn2nc(C(=O)O)cc2C1. The number of carbonyl (C=O) groups excluding carboxylic acids is 1. The van der Waals surface area contributed by atoms with E-state index in [-0.39, 0.29) is 11.8 Å². The zero-order chi connectivity index (χ0) is 14.9. The highest BCUT2D eigenvalue weighted by Crippen LogP contribution is 2.17. The van der Waals surface area contributed by atoms with Crippen molar-refractivity contribution in [3.8, 4) is 0 Å². The number of ether oxygens (including phenoxy) is 1. The molecule has 0 aliphatic carbocycles. The van der Waals surface area contributed by atoms with Gasteiger partial charge in [-0.05, 0) is 33.3 Å². The average Bonchev–Trinajstić information content (AvgIpc) is 2.59. The molecule has 2 heterocycles. The van der Waals surface area contributed by atoms with E-state index in [4.69, 9.17) is 9.84 Å². The van der Waals surface area contributed by atoms with Gasteiger partial charge in [-0.3, -0.25) is 4.68 Å². The fourth-order valence-corrected chi connectivity index (χ4v) is 2.05. The number of fused-ring (bicyclic) bond motifs is 1. The molecule has 2 rings (SSSR count). The molecule has 0 saturated carbocycles. The van der Waals surface area contributed by atoms with Crippen molar-refractivity contribution in [1.82, 2.24) is 14.7 Å². The van der Waals surface area contributed by atoms with E-state index < -0.39 is 11.6 Å². The van der Waals surface area contributed by atoms with Gasteiger partial charge in [-0.15, -0.1) is 0 Å². The number of rotatable bonds is 1. The van der Waals surface area contributed by atoms with Gasteiger partial charge in [0.25, 0.3) is 0 Å². The first-order valence-electron chi connectivity index (χ1n) is 6.54. The second kappa shape index (κ2) is 5.15. The molecule has 1 aliphatic heterocycles. The number of carboxylic acids is 1. The van der Waals surface area contributed by atoms with Gasteiger partial charge in [0.1, 0.15) is 5.60 Å². The summed E-state index contributed by atoms with van der Waals surface area (Å²) in [5.74, 6) is -1.06. The molecule has 7 nitrogen and oxygen atoms in total. The number of carbonyl (C=O) groups is 2. The van der Waals surface area contributed by atoms with Crippen molar-refractivity contribution in [2.45, 2.75) is 45.9 Å². The normalized spacial score (nSPS) is 15.4. The molecule has 1 amide bonds. The minimum Gasteiger partial charge on any atom is -0.476 e. The minimum atomic E-state index is -1.06. The van der Waals surface area contributed by atoms with E-state index in [1.54, 1.807) is 9.58 Å². The molecule has 0 bridgehead atoms. The third-order valence-corrected chi connectivity index (χ3v) is 2.88. The Bertz CT molecular complexity index is 530. The maximum Gasteiger partial charge on any atom is 0.410 e. The van der Waals surface area contributed by atoms with E-state index in [2.05, 4.69) is 5.10 Å². The first-order valence-corrected chi connectivity index (χ1v) is 6.54. The molecule has 0 atom stereocenters. The van der Waals surface area contributed by atoms with Gasteiger partial charge in [0, 0.05) is 13.1 Å². The Morgan fingerprint density at radius 3 is 2.65 bits per heavy atom. The number of hydrogen-bond acceptors (Lipinski definition) is 4. The van der Waals surface area contributed by atoms with Crippen molar-refractivity contribution in [3.63, 3.8) is 0 Å². The largest absolute Gasteiger partial charge is 0.476 e. The number of aromatic nitrogens is 2. The van der Waals surface area contributed by atoms with Crippen LogP contribution in [0.1, 0.15) is 43.4 Å². The fourth-order valence-electron chi connectivity index (χ4n) is 2.05. The Balaban J connectivity index is 2.15. The standard InChI is InChI=1S/C13H19N3O4/c1-13(2,3)20-12(19)15-5-4-6-16-9(8-15)7-10(14-16)11(17)18/h7H,4-6,8H2,1-3H3,(H,17,18). The van der Waals surface area contributed by atoms with E-state index >= 15 is 0 Å². The Hall–Kier alpha value is -2.05. The molecule has 20 heavy (non-hydrogen) atoms. The van der Waals surface area contributed by atoms with Crippen LogP contribution in [0.5, 0.6) is 0 Å². The van der Waals surface area contributed by atoms with Crippen molar-refractivity contribution in [2.24, 2.45) is 0 Å². The summed E-state index contributed by atoms with van der Waals surface area (Å²) in [6.07, 6.45) is 0.330. The predicted octanol–water partition coefficient (Wildman–Crippen LogP) is 1.72. The quantitative estimate of drug-likeness (QED) is 0.847. The van der Waals surface area contributed by atoms with Crippen LogP contribution in [-0.4, -0.2) is 44.0 Å². The van der Waals surface area contributed by atoms with Crippen molar-refractivity contribution in [3.05, 3.63) is 17.5 Å². The molecule has 0 fully saturated rings. The number of aryl methyl sites for hydroxylation is 1. The van der Waals surface area contributed by atoms with Crippen LogP contribution < -0.4 is 0 Å². The molecule has 0 unspecified atom stereocenters. The highest BCUT2D eigenvalue weighted by atomic mass is 16.6. The lowest BCUT2D eigenvalue weighted by molar-refractivity contribution is 0.0236. The fraction of sp³-hybridized carbons (Fsp3) is 0.615. The molecule has 0 radical (unpaired) electrons. The van der Waals surface area contributed by atoms with Gasteiger partial charge >= 0.3 is 12.1 Å². The zero-order valence-electron chi connectivity index (χ0n) is 11.9. The molecule has 1 aliphatic rings. The summed E-state index contributed by atoms with van der Waals surface area (Å²) in [6, 6.07) is 1.50. The Morgan fingerprint density at radius 2 is 2.05 bits per heavy atom. The Labute approximate surface area is 117 Å². The number of aromatic carboxylic acids is 1. The topological polar surface area (TPSA) is 84.7 Å². The lowest BCUT2D eigenvalue weighted by Crippen LogP contribution is -2.36. The average molecular weight is 281 g/mol. The van der Waals surface area contributed by atoms with E-state index in [1.807, 2.05) is 20.8 Å². The molecular weight excluding hydrogens is 262 g/mol. The van der Waals surface area contributed by atoms with Gasteiger partial charge in [0.15, 0.2) is 5.69 Å². The third-order valence-electron chi connectivity index (χ3n) is 2.88. The highest BCUT2D eigenvalue weighted by molar-refractivity contribution is 5.85. The molecule has 110 valence electrons. The smallest absolute Gasteiger partial charge is 0.410 e. The number of carboxylic acid groups (broad SMARTS) is 1. The molecule has 1 aromatic rings. The van der Waals surface area contributed by atoms with Crippen LogP contribution >= 0.6 is 0 Å². The molecule has 1 N–H and O–H groups in total. The van der Waals surface area contributed by atoms with Gasteiger partial charge in [0.2, 0.25) is 0 Å². The van der Waals surface area contributed by atoms with Crippen LogP contribution in [0.15, 0.2) is 6.07 Å². The number of nitrogens with zero attached hydrogens (tertiary/aromatic N) is 3. The van der Waals surface area contributed by atoms with Crippen LogP contribution in [0.2, 0.25) is 0 Å². The summed E-state index contributed by atoms with van der Waals surface area (Å²) < 4.78 is 6.99. The summed E-state index contributed by atoms with van der Waals surface area (Å²) in [6.45, 7) is 6.93. The van der Waals surface area contributed by atoms with Crippen molar-refractivity contribution in [2.75, 3.05) is 6.54 Å². The van der Waals surface area contributed by atoms with Crippen LogP contribution in [0.3, 0.4) is 0 Å². The second-order valence-corrected chi connectivity index (χ2v) is 5.80. The molecule has 7 heteroatoms. The zero-order valence-corrected chi connectivity index (χ0v) is 11.9. The monoisotopic (exact) mass is 281 g/mol. The predicted molar refractivity (Wildman–Crippen MR) is 70.4 cm³/mol. The second-order valence-electron chi connectivity index (χ2n) is 5.80. The Morgan fingerprint density at radius 1 is 1.35 bits per heavy atom. The number of hydrogen-bond donors (Lipinski definition) is 1. The molecule has 0 saturated heterocycles. The summed E-state index contributed by atoms with van der Waals surface area (Å²) in [7, 11) is 0. The van der Waals surface area contributed by atoms with Crippen molar-refractivity contribution in [1.29, 1.82) is 0 Å². The number of amides is 1. The van der Waals surface area contributed by atoms with Crippen LogP contribution in [0.4, 0.5) is 4.79 Å². The van der Waals surface area contributed by atoms with Gasteiger partial charge in [0.05, 0.1) is 12.2 Å². The summed E-state index contributed by atoms with van der Waals surface area (Å²) in [4.78, 5) is 24.6. The third kappa shape index (κ3) is 3.28. The molecule has 0 spiro atoms. The van der Waals surface area contributed by atoms with E-state index in [0.717, 1.165) is 0 Å². The van der Waals surface area contributed by atoms with Crippen LogP contribution in [0, 0.1) is 0 Å². The summed E-state index contributed by atoms with van der Waals surface area (Å²) in [5, 5.41) is 13.0. The maximum absolute atomic E-state index is 12.1. The van der Waals surface area contributed by atoms with E-state index in [9.17, 15) is 9.59 Å². The maximum atomic E-state index is 12.1. The molecule has 1 aromatic heterocycles. The summed E-state index contributed by atoms with van der Waals surface area (Å²) in [5.41, 5.74) is 0.173. The van der Waals surface area contributed by atoms with E-state index in [1.165, 1.54) is 6.07 Å². The van der Waals surface area contributed by atoms with Gasteiger partial charge in [-0.2, -0.15) is 5.10 Å². The lowest BCUT2D eigenvalue weighted by atomic mass is 10.2. The molecule has 0 aromatic carbocycles. The Kier molecular flexibility index (Phi) is 3.69. The lowest BCUT2D eigenvalue weighted by Gasteiger charge is -2.26. The van der Waals surface area contributed by atoms with Crippen molar-refractivity contribution < 1.29 is 19.4 Å². The summed E-state index contributed by atoms with van der Waals surface area (Å²) >= 11 is 0. The molecular formula is C13H19N3O4. The van der Waals surface area contributed by atoms with Gasteiger partial charge < -0.3 is 14.7 Å². The van der Waals surface area contributed by atoms with E-state index in [0.29, 0.717) is 31.7 Å². The van der Waals surface area contributed by atoms with Gasteiger partial charge in [-0.1, -0.05) is 0 Å². The van der Waals surface area contributed by atoms with Gasteiger partial charge in [-0.25, -0.2) is 9.59 Å². The minimum absolute atomic E-state index is 0.00559. The van der Waals surface area contributed by atoms with Crippen LogP contribution in [0.25, 0.3) is 0 Å². The van der Waals surface area contributed by atoms with Crippen LogP contribution in [-0.2, 0) is 17.8 Å². The first-order chi connectivity index (χ1) is 9.26. The first kappa shape index (κ1) is 14.4. The van der Waals surface area contributed by atoms with Crippen molar-refractivity contribution >= 4 is 12.1 Å². The highest BCUT2D eigenvalue weighted by Gasteiger charge is 2.26.